The summed E-state index contributed by atoms with van der Waals surface area (Å²) in [5.41, 5.74) is 6.90. The maximum absolute atomic E-state index is 11.2. The Morgan fingerprint density at radius 3 is 0.951 bits per heavy atom. The lowest BCUT2D eigenvalue weighted by Gasteiger charge is -2.24. The molecule has 6 heteroatoms. The van der Waals surface area contributed by atoms with Gasteiger partial charge < -0.3 is 29.5 Å². The molecule has 0 aromatic heterocycles. The van der Waals surface area contributed by atoms with Crippen molar-refractivity contribution in [2.45, 2.75) is 112 Å². The van der Waals surface area contributed by atoms with Crippen LogP contribution in [0.2, 0.25) is 0 Å². The summed E-state index contributed by atoms with van der Waals surface area (Å²) in [5, 5.41) is 33.6. The molecule has 222 valence electrons. The van der Waals surface area contributed by atoms with E-state index in [0.29, 0.717) is 33.4 Å². The lowest BCUT2D eigenvalue weighted by atomic mass is 9.84. The lowest BCUT2D eigenvalue weighted by molar-refractivity contribution is 0.0928. The second-order valence-corrected chi connectivity index (χ2v) is 13.6. The summed E-state index contributed by atoms with van der Waals surface area (Å²) in [4.78, 5) is 0. The van der Waals surface area contributed by atoms with Crippen molar-refractivity contribution >= 4 is 0 Å². The topological polar surface area (TPSA) is 88.4 Å². The van der Waals surface area contributed by atoms with E-state index in [1.54, 1.807) is 0 Å². The number of fused-ring (bicyclic) bond motifs is 6. The minimum Gasteiger partial charge on any atom is -0.507 e. The number of aromatic hydroxyl groups is 3. The molecule has 0 saturated heterocycles. The molecule has 3 N–H and O–H groups in total. The monoisotopic (exact) mass is 562 g/mol. The molecule has 0 amide bonds. The maximum atomic E-state index is 11.2. The summed E-state index contributed by atoms with van der Waals surface area (Å²) in [6.45, 7) is 18.1. The molecule has 6 bridgehead atoms. The molecule has 0 aliphatic carbocycles. The normalized spacial score (nSPS) is 15.4. The van der Waals surface area contributed by atoms with Gasteiger partial charge in [-0.05, 0) is 69.8 Å². The summed E-state index contributed by atoms with van der Waals surface area (Å²) < 4.78 is 18.3. The van der Waals surface area contributed by atoms with Crippen molar-refractivity contribution in [2.24, 2.45) is 0 Å². The van der Waals surface area contributed by atoms with E-state index >= 15 is 0 Å². The van der Waals surface area contributed by atoms with Crippen LogP contribution in [0.1, 0.15) is 111 Å². The summed E-state index contributed by atoms with van der Waals surface area (Å²) in [7, 11) is 0. The van der Waals surface area contributed by atoms with E-state index in [4.69, 9.17) is 14.2 Å². The Kier molecular flexibility index (Phi) is 9.07. The first-order valence-electron chi connectivity index (χ1n) is 14.4. The highest BCUT2D eigenvalue weighted by Gasteiger charge is 2.22. The number of hydrogen-bond donors (Lipinski definition) is 3. The van der Waals surface area contributed by atoms with E-state index in [0.717, 1.165) is 16.7 Å². The molecular weight excluding hydrogens is 516 g/mol. The van der Waals surface area contributed by atoms with Gasteiger partial charge in [0.25, 0.3) is 0 Å². The third kappa shape index (κ3) is 7.24. The maximum Gasteiger partial charge on any atom is 0.126 e. The number of ether oxygens (including phenoxy) is 3. The molecule has 0 fully saturated rings. The zero-order valence-electron chi connectivity index (χ0n) is 25.9. The van der Waals surface area contributed by atoms with Crippen LogP contribution < -0.4 is 0 Å². The highest BCUT2D eigenvalue weighted by atomic mass is 16.5. The fourth-order valence-corrected chi connectivity index (χ4v) is 4.98. The lowest BCUT2D eigenvalue weighted by Crippen LogP contribution is -2.14. The molecule has 1 aliphatic heterocycles. The van der Waals surface area contributed by atoms with Gasteiger partial charge in [-0.1, -0.05) is 55.4 Å². The summed E-state index contributed by atoms with van der Waals surface area (Å²) in [5.74, 6) is 0.671. The molecule has 0 radical (unpaired) electrons. The smallest absolute Gasteiger partial charge is 0.126 e. The van der Waals surface area contributed by atoms with Gasteiger partial charge in [0.05, 0.1) is 39.6 Å². The number of phenolic OH excluding ortho intramolecular Hbond substituents is 3. The molecule has 4 rings (SSSR count). The van der Waals surface area contributed by atoms with Crippen LogP contribution in [0.15, 0.2) is 36.4 Å². The van der Waals surface area contributed by atoms with E-state index in [2.05, 4.69) is 55.4 Å². The predicted molar refractivity (Wildman–Crippen MR) is 161 cm³/mol. The second-order valence-electron chi connectivity index (χ2n) is 13.6. The SMILES string of the molecule is CC(C)c1cc2c(O)c(c1)COCc1cc(C(C)(C)C)cc(c1O)COCc1cc(C(C)(C)C)cc(c1O)COC2. The Hall–Kier alpha value is -3.06. The van der Waals surface area contributed by atoms with E-state index in [1.165, 1.54) is 0 Å². The zero-order chi connectivity index (χ0) is 30.1. The average molecular weight is 563 g/mol. The molecule has 41 heavy (non-hydrogen) atoms. The van der Waals surface area contributed by atoms with Gasteiger partial charge >= 0.3 is 0 Å². The van der Waals surface area contributed by atoms with E-state index in [-0.39, 0.29) is 73.6 Å². The minimum absolute atomic E-state index is 0.140. The summed E-state index contributed by atoms with van der Waals surface area (Å²) >= 11 is 0. The van der Waals surface area contributed by atoms with Crippen LogP contribution in [-0.4, -0.2) is 15.3 Å². The van der Waals surface area contributed by atoms with Crippen LogP contribution in [0.4, 0.5) is 0 Å². The van der Waals surface area contributed by atoms with Crippen LogP contribution in [0.3, 0.4) is 0 Å². The van der Waals surface area contributed by atoms with Crippen LogP contribution in [0, 0.1) is 0 Å². The predicted octanol–water partition coefficient (Wildman–Crippen LogP) is 7.99. The second kappa shape index (κ2) is 12.0. The quantitative estimate of drug-likeness (QED) is 0.279. The summed E-state index contributed by atoms with van der Waals surface area (Å²) in [6, 6.07) is 11.9. The number of rotatable bonds is 1. The van der Waals surface area contributed by atoms with Crippen LogP contribution in [-0.2, 0) is 64.7 Å². The molecule has 3 aromatic rings. The fourth-order valence-electron chi connectivity index (χ4n) is 4.98. The fraction of sp³-hybridized carbons (Fsp3) is 0.486. The van der Waals surface area contributed by atoms with E-state index < -0.39 is 0 Å². The van der Waals surface area contributed by atoms with Crippen molar-refractivity contribution in [3.05, 3.63) is 86.5 Å². The van der Waals surface area contributed by atoms with Crippen molar-refractivity contribution in [3.8, 4) is 17.2 Å². The highest BCUT2D eigenvalue weighted by molar-refractivity contribution is 5.47. The van der Waals surface area contributed by atoms with Gasteiger partial charge in [0.15, 0.2) is 0 Å². The first-order valence-corrected chi connectivity index (χ1v) is 14.4. The molecule has 1 aliphatic rings. The average Bonchev–Trinajstić information content (AvgIpc) is 2.87. The highest BCUT2D eigenvalue weighted by Crippen LogP contribution is 2.36. The van der Waals surface area contributed by atoms with Gasteiger partial charge in [0.2, 0.25) is 0 Å². The standard InChI is InChI=1S/C35H46O6/c1-21(2)22-9-23-15-39-17-25-11-29(34(3,4)5)13-27(32(25)37)19-41-20-28-14-30(35(6,7)8)12-26(33(28)38)18-40-16-24(10-22)31(23)36/h9-14,21,36-38H,15-20H2,1-8H3. The molecule has 0 unspecified atom stereocenters. The van der Waals surface area contributed by atoms with E-state index in [9.17, 15) is 15.3 Å². The third-order valence-corrected chi connectivity index (χ3v) is 7.77. The Bertz CT molecular complexity index is 1290. The minimum atomic E-state index is -0.152. The van der Waals surface area contributed by atoms with E-state index in [1.807, 2.05) is 36.4 Å². The number of benzene rings is 3. The molecule has 0 saturated carbocycles. The molecule has 1 heterocycles. The van der Waals surface area contributed by atoms with Gasteiger partial charge in [-0.2, -0.15) is 0 Å². The summed E-state index contributed by atoms with van der Waals surface area (Å²) in [6.07, 6.45) is 0. The van der Waals surface area contributed by atoms with Gasteiger partial charge in [-0.25, -0.2) is 0 Å². The van der Waals surface area contributed by atoms with Gasteiger partial charge in [-0.15, -0.1) is 0 Å². The zero-order valence-corrected chi connectivity index (χ0v) is 25.9. The van der Waals surface area contributed by atoms with Crippen molar-refractivity contribution in [2.75, 3.05) is 0 Å². The van der Waals surface area contributed by atoms with Crippen molar-refractivity contribution in [3.63, 3.8) is 0 Å². The number of hydrogen-bond acceptors (Lipinski definition) is 6. The third-order valence-electron chi connectivity index (χ3n) is 7.77. The van der Waals surface area contributed by atoms with Gasteiger partial charge in [0.1, 0.15) is 17.2 Å². The van der Waals surface area contributed by atoms with Crippen molar-refractivity contribution in [1.29, 1.82) is 0 Å². The van der Waals surface area contributed by atoms with Crippen molar-refractivity contribution < 1.29 is 29.5 Å². The molecule has 0 atom stereocenters. The Morgan fingerprint density at radius 2 is 0.732 bits per heavy atom. The molecule has 0 spiro atoms. The Labute approximate surface area is 244 Å². The van der Waals surface area contributed by atoms with Gasteiger partial charge in [0, 0.05) is 33.4 Å². The molecular formula is C35H46O6. The molecule has 3 aromatic carbocycles. The largest absolute Gasteiger partial charge is 0.507 e. The van der Waals surface area contributed by atoms with Crippen molar-refractivity contribution in [1.82, 2.24) is 0 Å². The first-order chi connectivity index (χ1) is 19.1. The van der Waals surface area contributed by atoms with Gasteiger partial charge in [-0.3, -0.25) is 0 Å². The van der Waals surface area contributed by atoms with Crippen LogP contribution in [0.25, 0.3) is 0 Å². The Balaban J connectivity index is 1.81. The first kappa shape index (κ1) is 30.9. The molecule has 6 nitrogen and oxygen atoms in total. The van der Waals surface area contributed by atoms with Crippen LogP contribution in [0.5, 0.6) is 17.2 Å². The van der Waals surface area contributed by atoms with Crippen LogP contribution >= 0.6 is 0 Å². The Morgan fingerprint density at radius 1 is 0.488 bits per heavy atom. The number of phenols is 3.